The number of nitrogens with one attached hydrogen (secondary N) is 1. The first kappa shape index (κ1) is 16.9. The number of benzene rings is 1. The molecule has 2 aromatic heterocycles. The standard InChI is InChI=1S/C20H19ClN4O/c1-13-3-2-4-16(22-13)11-25-10-9-17-18(12-25)23-19(24-20(17)26)14-5-7-15(21)8-6-14/h2-8H,9-12H2,1H3,(H,23,24,26). The predicted molar refractivity (Wildman–Crippen MR) is 102 cm³/mol. The van der Waals surface area contributed by atoms with Gasteiger partial charge in [-0.05, 0) is 49.7 Å². The van der Waals surface area contributed by atoms with Crippen LogP contribution in [0.3, 0.4) is 0 Å². The molecule has 0 bridgehead atoms. The molecule has 0 spiro atoms. The van der Waals surface area contributed by atoms with Crippen molar-refractivity contribution in [2.45, 2.75) is 26.4 Å². The number of aryl methyl sites for hydroxylation is 1. The highest BCUT2D eigenvalue weighted by Gasteiger charge is 2.21. The van der Waals surface area contributed by atoms with Crippen molar-refractivity contribution in [2.75, 3.05) is 6.54 Å². The van der Waals surface area contributed by atoms with E-state index in [1.165, 1.54) is 0 Å². The zero-order valence-electron chi connectivity index (χ0n) is 14.5. The first-order valence-corrected chi connectivity index (χ1v) is 8.99. The monoisotopic (exact) mass is 366 g/mol. The van der Waals surface area contributed by atoms with Gasteiger partial charge in [-0.25, -0.2) is 4.98 Å². The number of hydrogen-bond donors (Lipinski definition) is 1. The normalized spacial score (nSPS) is 14.2. The maximum atomic E-state index is 12.5. The van der Waals surface area contributed by atoms with Crippen LogP contribution < -0.4 is 5.56 Å². The third kappa shape index (κ3) is 3.54. The highest BCUT2D eigenvalue weighted by Crippen LogP contribution is 2.21. The van der Waals surface area contributed by atoms with E-state index in [-0.39, 0.29) is 5.56 Å². The van der Waals surface area contributed by atoms with Crippen LogP contribution >= 0.6 is 11.6 Å². The average Bonchev–Trinajstić information content (AvgIpc) is 2.62. The summed E-state index contributed by atoms with van der Waals surface area (Å²) in [6, 6.07) is 13.4. The van der Waals surface area contributed by atoms with Crippen LogP contribution in [0.2, 0.25) is 5.02 Å². The Labute approximate surface area is 156 Å². The van der Waals surface area contributed by atoms with Crippen molar-refractivity contribution in [1.29, 1.82) is 0 Å². The molecule has 1 aliphatic rings. The number of hydrogen-bond acceptors (Lipinski definition) is 4. The Hall–Kier alpha value is -2.50. The van der Waals surface area contributed by atoms with E-state index >= 15 is 0 Å². The van der Waals surface area contributed by atoms with E-state index in [4.69, 9.17) is 16.6 Å². The van der Waals surface area contributed by atoms with E-state index in [2.05, 4.69) is 14.9 Å². The lowest BCUT2D eigenvalue weighted by molar-refractivity contribution is 0.237. The Morgan fingerprint density at radius 2 is 1.96 bits per heavy atom. The average molecular weight is 367 g/mol. The number of halogens is 1. The van der Waals surface area contributed by atoms with E-state index in [1.54, 1.807) is 12.1 Å². The fourth-order valence-electron chi connectivity index (χ4n) is 3.29. The maximum absolute atomic E-state index is 12.5. The molecule has 1 N–H and O–H groups in total. The van der Waals surface area contributed by atoms with E-state index < -0.39 is 0 Å². The topological polar surface area (TPSA) is 61.9 Å². The van der Waals surface area contributed by atoms with E-state index in [0.29, 0.717) is 23.8 Å². The van der Waals surface area contributed by atoms with Gasteiger partial charge in [0.2, 0.25) is 0 Å². The predicted octanol–water partition coefficient (Wildman–Crippen LogP) is 3.35. The van der Waals surface area contributed by atoms with Gasteiger partial charge < -0.3 is 4.98 Å². The molecule has 0 saturated carbocycles. The molecule has 0 amide bonds. The Bertz CT molecular complexity index is 997. The SMILES string of the molecule is Cc1cccc(CN2CCc3c(nc(-c4ccc(Cl)cc4)[nH]c3=O)C2)n1. The summed E-state index contributed by atoms with van der Waals surface area (Å²) >= 11 is 5.95. The van der Waals surface area contributed by atoms with Crippen molar-refractivity contribution in [3.8, 4) is 11.4 Å². The third-order valence-electron chi connectivity index (χ3n) is 4.60. The van der Waals surface area contributed by atoms with Crippen molar-refractivity contribution in [3.05, 3.63) is 80.5 Å². The van der Waals surface area contributed by atoms with Crippen LogP contribution in [0.15, 0.2) is 47.3 Å². The van der Waals surface area contributed by atoms with Crippen LogP contribution in [0.4, 0.5) is 0 Å². The second-order valence-corrected chi connectivity index (χ2v) is 7.01. The smallest absolute Gasteiger partial charge is 0.254 e. The second kappa shape index (κ2) is 7.02. The lowest BCUT2D eigenvalue weighted by atomic mass is 10.1. The van der Waals surface area contributed by atoms with Gasteiger partial charge >= 0.3 is 0 Å². The van der Waals surface area contributed by atoms with E-state index in [0.717, 1.165) is 41.3 Å². The van der Waals surface area contributed by atoms with Gasteiger partial charge in [-0.2, -0.15) is 0 Å². The molecule has 0 unspecified atom stereocenters. The second-order valence-electron chi connectivity index (χ2n) is 6.58. The molecule has 6 heteroatoms. The van der Waals surface area contributed by atoms with E-state index in [1.807, 2.05) is 37.3 Å². The minimum Gasteiger partial charge on any atom is -0.306 e. The van der Waals surface area contributed by atoms with Crippen molar-refractivity contribution >= 4 is 11.6 Å². The highest BCUT2D eigenvalue weighted by molar-refractivity contribution is 6.30. The summed E-state index contributed by atoms with van der Waals surface area (Å²) in [6.45, 7) is 4.23. The first-order chi connectivity index (χ1) is 12.6. The molecule has 26 heavy (non-hydrogen) atoms. The zero-order valence-corrected chi connectivity index (χ0v) is 15.3. The van der Waals surface area contributed by atoms with Gasteiger partial charge in [-0.15, -0.1) is 0 Å². The number of nitrogens with zero attached hydrogens (tertiary/aromatic N) is 3. The Morgan fingerprint density at radius 3 is 2.73 bits per heavy atom. The highest BCUT2D eigenvalue weighted by atomic mass is 35.5. The van der Waals surface area contributed by atoms with Crippen molar-refractivity contribution in [3.63, 3.8) is 0 Å². The van der Waals surface area contributed by atoms with E-state index in [9.17, 15) is 4.79 Å². The van der Waals surface area contributed by atoms with Crippen LogP contribution in [0.1, 0.15) is 22.6 Å². The number of pyridine rings is 1. The molecule has 132 valence electrons. The molecule has 1 aromatic carbocycles. The minimum absolute atomic E-state index is 0.0479. The summed E-state index contributed by atoms with van der Waals surface area (Å²) in [4.78, 5) is 27.0. The van der Waals surface area contributed by atoms with Gasteiger partial charge in [-0.1, -0.05) is 17.7 Å². The molecule has 3 aromatic rings. The minimum atomic E-state index is -0.0479. The van der Waals surface area contributed by atoms with Crippen LogP contribution in [0.5, 0.6) is 0 Å². The summed E-state index contributed by atoms with van der Waals surface area (Å²) in [7, 11) is 0. The molecule has 0 radical (unpaired) electrons. The zero-order chi connectivity index (χ0) is 18.1. The molecular formula is C20H19ClN4O. The molecule has 1 aliphatic heterocycles. The Kier molecular flexibility index (Phi) is 4.57. The first-order valence-electron chi connectivity index (χ1n) is 8.61. The van der Waals surface area contributed by atoms with Gasteiger partial charge in [-0.3, -0.25) is 14.7 Å². The summed E-state index contributed by atoms with van der Waals surface area (Å²) in [6.07, 6.45) is 0.699. The van der Waals surface area contributed by atoms with Crippen molar-refractivity contribution in [2.24, 2.45) is 0 Å². The van der Waals surface area contributed by atoms with Crippen molar-refractivity contribution < 1.29 is 0 Å². The number of fused-ring (bicyclic) bond motifs is 1. The number of rotatable bonds is 3. The molecule has 0 saturated heterocycles. The number of H-pyrrole nitrogens is 1. The molecule has 0 fully saturated rings. The van der Waals surface area contributed by atoms with Gasteiger partial charge in [0.25, 0.3) is 5.56 Å². The van der Waals surface area contributed by atoms with Crippen molar-refractivity contribution in [1.82, 2.24) is 19.9 Å². The third-order valence-corrected chi connectivity index (χ3v) is 4.85. The summed E-state index contributed by atoms with van der Waals surface area (Å²) < 4.78 is 0. The summed E-state index contributed by atoms with van der Waals surface area (Å²) in [5, 5.41) is 0.658. The van der Waals surface area contributed by atoms with Gasteiger partial charge in [0.15, 0.2) is 0 Å². The van der Waals surface area contributed by atoms with Crippen LogP contribution in [-0.2, 0) is 19.5 Å². The lowest BCUT2D eigenvalue weighted by Gasteiger charge is -2.27. The number of aromatic amines is 1. The lowest BCUT2D eigenvalue weighted by Crippen LogP contribution is -2.35. The molecule has 3 heterocycles. The molecule has 0 aliphatic carbocycles. The quantitative estimate of drug-likeness (QED) is 0.772. The van der Waals surface area contributed by atoms with Crippen LogP contribution in [-0.4, -0.2) is 26.4 Å². The fraction of sp³-hybridized carbons (Fsp3) is 0.250. The summed E-state index contributed by atoms with van der Waals surface area (Å²) in [5.74, 6) is 0.584. The largest absolute Gasteiger partial charge is 0.306 e. The molecule has 4 rings (SSSR count). The van der Waals surface area contributed by atoms with Gasteiger partial charge in [0.1, 0.15) is 5.82 Å². The van der Waals surface area contributed by atoms with Crippen LogP contribution in [0.25, 0.3) is 11.4 Å². The molecule has 0 atom stereocenters. The fourth-order valence-corrected chi connectivity index (χ4v) is 3.42. The molecular weight excluding hydrogens is 348 g/mol. The van der Waals surface area contributed by atoms with Gasteiger partial charge in [0, 0.05) is 41.5 Å². The molecule has 5 nitrogen and oxygen atoms in total. The Balaban J connectivity index is 1.61. The van der Waals surface area contributed by atoms with Gasteiger partial charge in [0.05, 0.1) is 11.4 Å². The number of aromatic nitrogens is 3. The van der Waals surface area contributed by atoms with Crippen LogP contribution in [0, 0.1) is 6.92 Å². The maximum Gasteiger partial charge on any atom is 0.254 e. The summed E-state index contributed by atoms with van der Waals surface area (Å²) in [5.41, 5.74) is 4.49. The Morgan fingerprint density at radius 1 is 1.15 bits per heavy atom.